The van der Waals surface area contributed by atoms with Gasteiger partial charge in [-0.2, -0.15) is 0 Å². The summed E-state index contributed by atoms with van der Waals surface area (Å²) >= 11 is 0. The van der Waals surface area contributed by atoms with Crippen molar-refractivity contribution in [3.05, 3.63) is 0 Å². The zero-order valence-electron chi connectivity index (χ0n) is 9.96. The fourth-order valence-corrected chi connectivity index (χ4v) is 2.23. The van der Waals surface area contributed by atoms with Gasteiger partial charge in [0, 0.05) is 27.1 Å². The summed E-state index contributed by atoms with van der Waals surface area (Å²) in [5.74, 6) is -0.211. The van der Waals surface area contributed by atoms with Crippen molar-refractivity contribution in [2.24, 2.45) is 0 Å². The van der Waals surface area contributed by atoms with Crippen LogP contribution < -0.4 is 5.32 Å². The maximum atomic E-state index is 12.1. The number of hydrogen-bond donors (Lipinski definition) is 2. The van der Waals surface area contributed by atoms with Gasteiger partial charge in [0.25, 0.3) is 5.91 Å². The summed E-state index contributed by atoms with van der Waals surface area (Å²) in [6.45, 7) is 0.673. The summed E-state index contributed by atoms with van der Waals surface area (Å²) in [5, 5.41) is 11.8. The highest BCUT2D eigenvalue weighted by Gasteiger charge is 2.52. The minimum absolute atomic E-state index is 0.0839. The van der Waals surface area contributed by atoms with Gasteiger partial charge >= 0.3 is 6.03 Å². The Bertz CT molecular complexity index is 382. The molecule has 3 amide bonds. The summed E-state index contributed by atoms with van der Waals surface area (Å²) < 4.78 is 1.84. The van der Waals surface area contributed by atoms with Crippen LogP contribution in [0.2, 0.25) is 0 Å². The Hall–Kier alpha value is -1.63. The van der Waals surface area contributed by atoms with Gasteiger partial charge in [0.05, 0.1) is 6.54 Å². The molecule has 7 heteroatoms. The first-order chi connectivity index (χ1) is 8.07. The second kappa shape index (κ2) is 4.33. The molecule has 0 aliphatic carbocycles. The molecule has 2 aliphatic rings. The van der Waals surface area contributed by atoms with Crippen LogP contribution in [0, 0.1) is 0 Å². The van der Waals surface area contributed by atoms with Crippen LogP contribution in [0.5, 0.6) is 0 Å². The van der Waals surface area contributed by atoms with Crippen molar-refractivity contribution in [2.75, 3.05) is 27.2 Å². The zero-order valence-corrected chi connectivity index (χ0v) is 9.96. The van der Waals surface area contributed by atoms with E-state index in [1.54, 1.807) is 13.4 Å². The van der Waals surface area contributed by atoms with Crippen molar-refractivity contribution in [1.82, 2.24) is 15.1 Å². The minimum atomic E-state index is -0.394. The molecular weight excluding hydrogens is 224 g/mol. The van der Waals surface area contributed by atoms with Gasteiger partial charge in [-0.1, -0.05) is 0 Å². The molecule has 94 valence electrons. The van der Waals surface area contributed by atoms with E-state index < -0.39 is 6.04 Å². The van der Waals surface area contributed by atoms with Gasteiger partial charge in [0.1, 0.15) is 0 Å². The average molecular weight is 241 g/mol. The third kappa shape index (κ3) is 1.76. The van der Waals surface area contributed by atoms with Crippen LogP contribution in [0.3, 0.4) is 0 Å². The molecule has 0 aromatic heterocycles. The number of rotatable bonds is 3. The largest absolute Gasteiger partial charge is 0.396 e. The number of carbonyl (C=O) groups is 2. The number of aliphatic hydroxyl groups is 1. The molecule has 17 heavy (non-hydrogen) atoms. The molecule has 1 fully saturated rings. The molecule has 0 radical (unpaired) electrons. The maximum Gasteiger partial charge on any atom is 0.329 e. The van der Waals surface area contributed by atoms with Gasteiger partial charge in [-0.15, -0.1) is 0 Å². The van der Waals surface area contributed by atoms with Crippen LogP contribution >= 0.6 is 0 Å². The van der Waals surface area contributed by atoms with Crippen LogP contribution in [0.25, 0.3) is 0 Å². The number of nitrogens with zero attached hydrogens (tertiary/aromatic N) is 3. The Kier molecular flexibility index (Phi) is 3.01. The fourth-order valence-electron chi connectivity index (χ4n) is 2.23. The third-order valence-electron chi connectivity index (χ3n) is 3.23. The maximum absolute atomic E-state index is 12.1. The lowest BCUT2D eigenvalue weighted by atomic mass is 10.1. The quantitative estimate of drug-likeness (QED) is 0.573. The van der Waals surface area contributed by atoms with E-state index in [1.807, 2.05) is 4.58 Å². The van der Waals surface area contributed by atoms with Gasteiger partial charge in [0.15, 0.2) is 0 Å². The molecule has 0 aromatic carbocycles. The first-order valence-corrected chi connectivity index (χ1v) is 5.58. The van der Waals surface area contributed by atoms with E-state index in [4.69, 9.17) is 5.11 Å². The highest BCUT2D eigenvalue weighted by atomic mass is 16.3. The molecule has 0 bridgehead atoms. The smallest absolute Gasteiger partial charge is 0.329 e. The molecule has 0 unspecified atom stereocenters. The van der Waals surface area contributed by atoms with Gasteiger partial charge in [-0.3, -0.25) is 24.5 Å². The van der Waals surface area contributed by atoms with Crippen LogP contribution in [0.15, 0.2) is 0 Å². The van der Waals surface area contributed by atoms with Crippen molar-refractivity contribution in [1.29, 1.82) is 0 Å². The molecule has 7 nitrogen and oxygen atoms in total. The molecule has 2 N–H and O–H groups in total. The topological polar surface area (TPSA) is 75.9 Å². The molecule has 0 aromatic rings. The predicted octanol–water partition coefficient (Wildman–Crippen LogP) is -1.77. The predicted molar refractivity (Wildman–Crippen MR) is 59.5 cm³/mol. The van der Waals surface area contributed by atoms with Gasteiger partial charge in [-0.05, 0) is 0 Å². The van der Waals surface area contributed by atoms with Gasteiger partial charge < -0.3 is 5.11 Å². The number of urea groups is 1. The number of hydrogen-bond acceptors (Lipinski definition) is 4. The molecule has 2 aliphatic heterocycles. The summed E-state index contributed by atoms with van der Waals surface area (Å²) in [5.41, 5.74) is 0. The van der Waals surface area contributed by atoms with Crippen molar-refractivity contribution >= 4 is 18.3 Å². The SMILES string of the molecule is CN1C(=O)[C@@H]2[C@@H](NC=[N+]2CCCO)N(C)C1=O. The minimum Gasteiger partial charge on any atom is -0.396 e. The van der Waals surface area contributed by atoms with E-state index in [1.165, 1.54) is 11.9 Å². The number of imide groups is 1. The molecule has 2 atom stereocenters. The highest BCUT2D eigenvalue weighted by Crippen LogP contribution is 2.18. The van der Waals surface area contributed by atoms with Crippen molar-refractivity contribution < 1.29 is 19.3 Å². The van der Waals surface area contributed by atoms with Crippen molar-refractivity contribution in [3.8, 4) is 0 Å². The van der Waals surface area contributed by atoms with E-state index in [2.05, 4.69) is 5.32 Å². The second-order valence-corrected chi connectivity index (χ2v) is 4.29. The first-order valence-electron chi connectivity index (χ1n) is 5.58. The Balaban J connectivity index is 2.19. The van der Waals surface area contributed by atoms with Crippen molar-refractivity contribution in [3.63, 3.8) is 0 Å². The Morgan fingerprint density at radius 2 is 2.18 bits per heavy atom. The molecule has 2 heterocycles. The number of aliphatic hydroxyl groups excluding tert-OH is 1. The van der Waals surface area contributed by atoms with Crippen molar-refractivity contribution in [2.45, 2.75) is 18.6 Å². The number of fused-ring (bicyclic) bond motifs is 1. The number of nitrogens with one attached hydrogen (secondary N) is 1. The Morgan fingerprint density at radius 3 is 2.82 bits per heavy atom. The van der Waals surface area contributed by atoms with Crippen LogP contribution in [0.1, 0.15) is 6.42 Å². The highest BCUT2D eigenvalue weighted by molar-refractivity contribution is 6.00. The lowest BCUT2D eigenvalue weighted by Crippen LogP contribution is -2.65. The molecule has 0 spiro atoms. The summed E-state index contributed by atoms with van der Waals surface area (Å²) in [6, 6.07) is -0.699. The van der Waals surface area contributed by atoms with Crippen LogP contribution in [0.4, 0.5) is 4.79 Å². The Labute approximate surface area is 99.3 Å². The number of carbonyl (C=O) groups excluding carboxylic acids is 2. The molecule has 0 saturated carbocycles. The van der Waals surface area contributed by atoms with E-state index in [-0.39, 0.29) is 24.7 Å². The number of likely N-dealkylation sites (N-methyl/N-ethyl adjacent to an activating group) is 2. The monoisotopic (exact) mass is 241 g/mol. The molecule has 1 saturated heterocycles. The molecule has 2 rings (SSSR count). The van der Waals surface area contributed by atoms with E-state index in [0.29, 0.717) is 13.0 Å². The van der Waals surface area contributed by atoms with E-state index in [0.717, 1.165) is 4.90 Å². The lowest BCUT2D eigenvalue weighted by molar-refractivity contribution is -0.547. The third-order valence-corrected chi connectivity index (χ3v) is 3.23. The Morgan fingerprint density at radius 1 is 1.47 bits per heavy atom. The van der Waals surface area contributed by atoms with Crippen LogP contribution in [-0.4, -0.2) is 77.2 Å². The molecular formula is C10H17N4O3+. The van der Waals surface area contributed by atoms with E-state index >= 15 is 0 Å². The van der Waals surface area contributed by atoms with Gasteiger partial charge in [0.2, 0.25) is 18.5 Å². The normalized spacial score (nSPS) is 28.1. The summed E-state index contributed by atoms with van der Waals surface area (Å²) in [6.07, 6.45) is 1.99. The van der Waals surface area contributed by atoms with E-state index in [9.17, 15) is 9.59 Å². The summed E-state index contributed by atoms with van der Waals surface area (Å²) in [7, 11) is 3.15. The average Bonchev–Trinajstić information content (AvgIpc) is 2.75. The zero-order chi connectivity index (χ0) is 12.6. The number of amides is 3. The summed E-state index contributed by atoms with van der Waals surface area (Å²) in [4.78, 5) is 26.4. The fraction of sp³-hybridized carbons (Fsp3) is 0.700. The lowest BCUT2D eigenvalue weighted by Gasteiger charge is -2.35. The second-order valence-electron chi connectivity index (χ2n) is 4.29. The first kappa shape index (κ1) is 11.8. The standard InChI is InChI=1S/C10H16N4O3/c1-12-8-7(9(16)13(2)10(12)17)14(6-11-8)4-3-5-15/h6-8,15H,3-5H2,1-2H3/p+1/t7-,8-/m0/s1. The van der Waals surface area contributed by atoms with Gasteiger partial charge in [-0.25, -0.2) is 4.79 Å². The van der Waals surface area contributed by atoms with Crippen LogP contribution in [-0.2, 0) is 4.79 Å².